The van der Waals surface area contributed by atoms with Crippen molar-refractivity contribution in [1.29, 1.82) is 0 Å². The van der Waals surface area contributed by atoms with Crippen molar-refractivity contribution in [3.8, 4) is 11.1 Å². The standard InChI is InChI=1S/C15H14ClNO/c1-11(18)17-10-12-5-4-6-13(9-12)14-7-2-3-8-15(14)16/h2-9H,10H2,1H3,(H,17,18). The number of amides is 1. The molecule has 92 valence electrons. The first-order valence-electron chi connectivity index (χ1n) is 5.75. The minimum absolute atomic E-state index is 0.0295. The predicted molar refractivity (Wildman–Crippen MR) is 74.4 cm³/mol. The Morgan fingerprint density at radius 1 is 1.17 bits per heavy atom. The van der Waals surface area contributed by atoms with Crippen molar-refractivity contribution in [1.82, 2.24) is 5.32 Å². The van der Waals surface area contributed by atoms with Crippen LogP contribution in [0.4, 0.5) is 0 Å². The van der Waals surface area contributed by atoms with Crippen molar-refractivity contribution in [3.05, 3.63) is 59.1 Å². The average molecular weight is 260 g/mol. The maximum atomic E-state index is 10.9. The van der Waals surface area contributed by atoms with Crippen LogP contribution in [0.25, 0.3) is 11.1 Å². The van der Waals surface area contributed by atoms with Crippen LogP contribution in [0.2, 0.25) is 5.02 Å². The van der Waals surface area contributed by atoms with E-state index in [0.717, 1.165) is 21.7 Å². The predicted octanol–water partition coefficient (Wildman–Crippen LogP) is 3.64. The molecule has 0 aliphatic rings. The molecule has 0 aliphatic heterocycles. The van der Waals surface area contributed by atoms with Gasteiger partial charge in [0.25, 0.3) is 0 Å². The molecule has 0 unspecified atom stereocenters. The minimum atomic E-state index is -0.0295. The molecule has 1 amide bonds. The van der Waals surface area contributed by atoms with Gasteiger partial charge in [-0.15, -0.1) is 0 Å². The van der Waals surface area contributed by atoms with Crippen LogP contribution >= 0.6 is 11.6 Å². The molecule has 0 radical (unpaired) electrons. The summed E-state index contributed by atoms with van der Waals surface area (Å²) >= 11 is 6.17. The van der Waals surface area contributed by atoms with E-state index in [-0.39, 0.29) is 5.91 Å². The second kappa shape index (κ2) is 5.69. The first kappa shape index (κ1) is 12.7. The molecule has 0 heterocycles. The number of carbonyl (C=O) groups excluding carboxylic acids is 1. The van der Waals surface area contributed by atoms with Gasteiger partial charge in [-0.3, -0.25) is 4.79 Å². The molecule has 0 saturated heterocycles. The number of carbonyl (C=O) groups is 1. The summed E-state index contributed by atoms with van der Waals surface area (Å²) in [7, 11) is 0. The summed E-state index contributed by atoms with van der Waals surface area (Å²) in [6.07, 6.45) is 0. The van der Waals surface area contributed by atoms with Gasteiger partial charge in [0.2, 0.25) is 5.91 Å². The van der Waals surface area contributed by atoms with Crippen LogP contribution in [0.15, 0.2) is 48.5 Å². The van der Waals surface area contributed by atoms with Gasteiger partial charge in [-0.1, -0.05) is 48.0 Å². The molecule has 0 atom stereocenters. The topological polar surface area (TPSA) is 29.1 Å². The number of hydrogen-bond donors (Lipinski definition) is 1. The summed E-state index contributed by atoms with van der Waals surface area (Å²) in [4.78, 5) is 10.9. The molecule has 1 N–H and O–H groups in total. The SMILES string of the molecule is CC(=O)NCc1cccc(-c2ccccc2Cl)c1. The fraction of sp³-hybridized carbons (Fsp3) is 0.133. The average Bonchev–Trinajstić information content (AvgIpc) is 2.37. The van der Waals surface area contributed by atoms with E-state index in [2.05, 4.69) is 5.32 Å². The van der Waals surface area contributed by atoms with Gasteiger partial charge in [-0.25, -0.2) is 0 Å². The van der Waals surface area contributed by atoms with Gasteiger partial charge in [0.05, 0.1) is 0 Å². The molecule has 0 fully saturated rings. The van der Waals surface area contributed by atoms with Crippen LogP contribution in [0.1, 0.15) is 12.5 Å². The third-order valence-corrected chi connectivity index (χ3v) is 2.98. The fourth-order valence-electron chi connectivity index (χ4n) is 1.77. The summed E-state index contributed by atoms with van der Waals surface area (Å²) < 4.78 is 0. The Bertz CT molecular complexity index is 566. The van der Waals surface area contributed by atoms with Crippen LogP contribution in [0.3, 0.4) is 0 Å². The highest BCUT2D eigenvalue weighted by atomic mass is 35.5. The Balaban J connectivity index is 2.27. The normalized spacial score (nSPS) is 10.1. The summed E-state index contributed by atoms with van der Waals surface area (Å²) in [6.45, 7) is 2.05. The number of rotatable bonds is 3. The second-order valence-corrected chi connectivity index (χ2v) is 4.50. The molecular formula is C15H14ClNO. The van der Waals surface area contributed by atoms with E-state index in [9.17, 15) is 4.79 Å². The third kappa shape index (κ3) is 3.11. The molecule has 0 saturated carbocycles. The molecule has 2 nitrogen and oxygen atoms in total. The van der Waals surface area contributed by atoms with Gasteiger partial charge in [0.15, 0.2) is 0 Å². The van der Waals surface area contributed by atoms with Crippen molar-refractivity contribution >= 4 is 17.5 Å². The summed E-state index contributed by atoms with van der Waals surface area (Å²) in [6, 6.07) is 15.7. The van der Waals surface area contributed by atoms with Gasteiger partial charge >= 0.3 is 0 Å². The van der Waals surface area contributed by atoms with E-state index in [1.807, 2.05) is 48.5 Å². The number of nitrogens with one attached hydrogen (secondary N) is 1. The van der Waals surface area contributed by atoms with Crippen LogP contribution in [0.5, 0.6) is 0 Å². The zero-order valence-corrected chi connectivity index (χ0v) is 10.9. The van der Waals surface area contributed by atoms with Crippen LogP contribution in [0, 0.1) is 0 Å². The van der Waals surface area contributed by atoms with Crippen LogP contribution in [-0.4, -0.2) is 5.91 Å². The lowest BCUT2D eigenvalue weighted by Crippen LogP contribution is -2.18. The second-order valence-electron chi connectivity index (χ2n) is 4.09. The molecule has 18 heavy (non-hydrogen) atoms. The maximum absolute atomic E-state index is 10.9. The van der Waals surface area contributed by atoms with E-state index < -0.39 is 0 Å². The van der Waals surface area contributed by atoms with Gasteiger partial charge in [0, 0.05) is 24.1 Å². The molecule has 2 rings (SSSR count). The zero-order valence-electron chi connectivity index (χ0n) is 10.1. The van der Waals surface area contributed by atoms with E-state index >= 15 is 0 Å². The third-order valence-electron chi connectivity index (χ3n) is 2.65. The van der Waals surface area contributed by atoms with E-state index in [1.165, 1.54) is 6.92 Å². The largest absolute Gasteiger partial charge is 0.352 e. The number of hydrogen-bond acceptors (Lipinski definition) is 1. The van der Waals surface area contributed by atoms with Crippen LogP contribution in [-0.2, 0) is 11.3 Å². The highest BCUT2D eigenvalue weighted by molar-refractivity contribution is 6.33. The quantitative estimate of drug-likeness (QED) is 0.896. The smallest absolute Gasteiger partial charge is 0.217 e. The van der Waals surface area contributed by atoms with Crippen molar-refractivity contribution < 1.29 is 4.79 Å². The molecule has 0 spiro atoms. The molecule has 0 aliphatic carbocycles. The van der Waals surface area contributed by atoms with Crippen molar-refractivity contribution in [2.24, 2.45) is 0 Å². The van der Waals surface area contributed by atoms with Crippen molar-refractivity contribution in [2.75, 3.05) is 0 Å². The Labute approximate surface area is 112 Å². The Morgan fingerprint density at radius 3 is 2.67 bits per heavy atom. The summed E-state index contributed by atoms with van der Waals surface area (Å²) in [5, 5.41) is 3.51. The molecule has 2 aromatic rings. The van der Waals surface area contributed by atoms with Gasteiger partial charge in [-0.2, -0.15) is 0 Å². The van der Waals surface area contributed by atoms with Gasteiger partial charge in [0.1, 0.15) is 0 Å². The van der Waals surface area contributed by atoms with Gasteiger partial charge in [-0.05, 0) is 23.3 Å². The monoisotopic (exact) mass is 259 g/mol. The zero-order chi connectivity index (χ0) is 13.0. The molecule has 3 heteroatoms. The Kier molecular flexibility index (Phi) is 4.00. The fourth-order valence-corrected chi connectivity index (χ4v) is 2.02. The molecular weight excluding hydrogens is 246 g/mol. The first-order chi connectivity index (χ1) is 8.66. The summed E-state index contributed by atoms with van der Waals surface area (Å²) in [5.74, 6) is -0.0295. The number of benzene rings is 2. The Hall–Kier alpha value is -1.80. The lowest BCUT2D eigenvalue weighted by Gasteiger charge is -2.07. The lowest BCUT2D eigenvalue weighted by molar-refractivity contribution is -0.119. The van der Waals surface area contributed by atoms with E-state index in [0.29, 0.717) is 6.54 Å². The molecule has 2 aromatic carbocycles. The van der Waals surface area contributed by atoms with E-state index in [4.69, 9.17) is 11.6 Å². The first-order valence-corrected chi connectivity index (χ1v) is 6.13. The van der Waals surface area contributed by atoms with Gasteiger partial charge < -0.3 is 5.32 Å². The maximum Gasteiger partial charge on any atom is 0.217 e. The van der Waals surface area contributed by atoms with Crippen molar-refractivity contribution in [3.63, 3.8) is 0 Å². The highest BCUT2D eigenvalue weighted by Crippen LogP contribution is 2.27. The van der Waals surface area contributed by atoms with E-state index in [1.54, 1.807) is 0 Å². The highest BCUT2D eigenvalue weighted by Gasteiger charge is 2.03. The lowest BCUT2D eigenvalue weighted by atomic mass is 10.0. The molecule has 0 bridgehead atoms. The van der Waals surface area contributed by atoms with Crippen LogP contribution < -0.4 is 5.32 Å². The minimum Gasteiger partial charge on any atom is -0.352 e. The summed E-state index contributed by atoms with van der Waals surface area (Å²) in [5.41, 5.74) is 3.12. The Morgan fingerprint density at radius 2 is 1.94 bits per heavy atom. The van der Waals surface area contributed by atoms with Crippen molar-refractivity contribution in [2.45, 2.75) is 13.5 Å². The number of halogens is 1. The molecule has 0 aromatic heterocycles.